The molecular weight excluding hydrogens is 308 g/mol. The van der Waals surface area contributed by atoms with Crippen LogP contribution in [0, 0.1) is 6.92 Å². The van der Waals surface area contributed by atoms with Gasteiger partial charge in [0.05, 0.1) is 19.8 Å². The van der Waals surface area contributed by atoms with Gasteiger partial charge in [0.25, 0.3) is 5.91 Å². The summed E-state index contributed by atoms with van der Waals surface area (Å²) in [6.07, 6.45) is -0.445. The lowest BCUT2D eigenvalue weighted by atomic mass is 10.2. The van der Waals surface area contributed by atoms with Gasteiger partial charge in [-0.1, -0.05) is 13.8 Å². The van der Waals surface area contributed by atoms with E-state index in [2.05, 4.69) is 28.7 Å². The Balaban J connectivity index is 1.61. The molecule has 0 bridgehead atoms. The number of nitrogens with zero attached hydrogens (tertiary/aromatic N) is 4. The molecule has 1 aromatic rings. The molecule has 1 aromatic heterocycles. The average molecular weight is 334 g/mol. The molecule has 1 amide bonds. The number of piperazine rings is 1. The van der Waals surface area contributed by atoms with Gasteiger partial charge in [0.15, 0.2) is 6.10 Å². The van der Waals surface area contributed by atoms with Gasteiger partial charge in [-0.05, 0) is 6.92 Å². The van der Waals surface area contributed by atoms with Gasteiger partial charge in [0.1, 0.15) is 11.6 Å². The first-order valence-corrected chi connectivity index (χ1v) is 8.63. The molecule has 0 unspecified atom stereocenters. The number of anilines is 1. The molecule has 1 atom stereocenters. The first-order chi connectivity index (χ1) is 11.5. The minimum absolute atomic E-state index is 0.0380. The molecule has 7 nitrogen and oxygen atoms in total. The Kier molecular flexibility index (Phi) is 5.30. The zero-order valence-corrected chi connectivity index (χ0v) is 14.7. The van der Waals surface area contributed by atoms with Crippen molar-refractivity contribution < 1.29 is 14.3 Å². The maximum absolute atomic E-state index is 12.5. The van der Waals surface area contributed by atoms with Crippen molar-refractivity contribution >= 4 is 11.7 Å². The minimum Gasteiger partial charge on any atom is -0.376 e. The molecule has 0 saturated carbocycles. The highest BCUT2D eigenvalue weighted by molar-refractivity contribution is 5.81. The molecule has 3 heterocycles. The van der Waals surface area contributed by atoms with Crippen molar-refractivity contribution in [3.8, 4) is 0 Å². The highest BCUT2D eigenvalue weighted by Gasteiger charge is 2.30. The van der Waals surface area contributed by atoms with E-state index < -0.39 is 6.10 Å². The summed E-state index contributed by atoms with van der Waals surface area (Å²) in [7, 11) is 0. The van der Waals surface area contributed by atoms with Crippen LogP contribution in [-0.4, -0.2) is 72.9 Å². The fourth-order valence-electron chi connectivity index (χ4n) is 2.98. The number of amides is 1. The highest BCUT2D eigenvalue weighted by atomic mass is 16.6. The van der Waals surface area contributed by atoms with Crippen molar-refractivity contribution in [2.75, 3.05) is 50.9 Å². The zero-order chi connectivity index (χ0) is 17.1. The number of aromatic nitrogens is 2. The predicted octanol–water partition coefficient (Wildman–Crippen LogP) is 0.972. The lowest BCUT2D eigenvalue weighted by Crippen LogP contribution is -2.53. The summed E-state index contributed by atoms with van der Waals surface area (Å²) in [4.78, 5) is 25.7. The number of ether oxygens (including phenoxy) is 2. The number of hydrogen-bond acceptors (Lipinski definition) is 6. The van der Waals surface area contributed by atoms with Crippen molar-refractivity contribution in [3.63, 3.8) is 0 Å². The van der Waals surface area contributed by atoms with Crippen LogP contribution < -0.4 is 4.90 Å². The van der Waals surface area contributed by atoms with Gasteiger partial charge in [0.2, 0.25) is 0 Å². The summed E-state index contributed by atoms with van der Waals surface area (Å²) in [5.41, 5.74) is 0.981. The van der Waals surface area contributed by atoms with E-state index >= 15 is 0 Å². The molecule has 7 heteroatoms. The SMILES string of the molecule is Cc1cc(N2CCN(C(=O)[C@@H]3COCCO3)CC2)nc(C(C)C)n1. The van der Waals surface area contributed by atoms with Crippen LogP contribution >= 0.6 is 0 Å². The van der Waals surface area contributed by atoms with Crippen molar-refractivity contribution in [2.45, 2.75) is 32.8 Å². The van der Waals surface area contributed by atoms with Crippen LogP contribution in [0.25, 0.3) is 0 Å². The number of carbonyl (C=O) groups excluding carboxylic acids is 1. The van der Waals surface area contributed by atoms with Crippen LogP contribution in [0.15, 0.2) is 6.07 Å². The molecule has 2 aliphatic rings. The van der Waals surface area contributed by atoms with Gasteiger partial charge in [-0.25, -0.2) is 9.97 Å². The first kappa shape index (κ1) is 17.1. The smallest absolute Gasteiger partial charge is 0.254 e. The molecule has 2 fully saturated rings. The fourth-order valence-corrected chi connectivity index (χ4v) is 2.98. The molecule has 0 aliphatic carbocycles. The molecule has 24 heavy (non-hydrogen) atoms. The second kappa shape index (κ2) is 7.44. The van der Waals surface area contributed by atoms with Crippen LogP contribution in [0.2, 0.25) is 0 Å². The summed E-state index contributed by atoms with van der Waals surface area (Å²) in [6.45, 7) is 10.5. The van der Waals surface area contributed by atoms with E-state index in [-0.39, 0.29) is 5.91 Å². The van der Waals surface area contributed by atoms with Crippen molar-refractivity contribution in [1.29, 1.82) is 0 Å². The van der Waals surface area contributed by atoms with Gasteiger partial charge < -0.3 is 19.3 Å². The Hall–Kier alpha value is -1.73. The minimum atomic E-state index is -0.445. The Morgan fingerprint density at radius 3 is 2.58 bits per heavy atom. The second-order valence-corrected chi connectivity index (χ2v) is 6.63. The molecule has 2 aliphatic heterocycles. The van der Waals surface area contributed by atoms with Crippen molar-refractivity contribution in [3.05, 3.63) is 17.6 Å². The fraction of sp³-hybridized carbons (Fsp3) is 0.706. The van der Waals surface area contributed by atoms with E-state index in [0.29, 0.717) is 38.8 Å². The third-order valence-corrected chi connectivity index (χ3v) is 4.38. The van der Waals surface area contributed by atoms with Gasteiger partial charge in [0, 0.05) is 43.9 Å². The summed E-state index contributed by atoms with van der Waals surface area (Å²) in [5, 5.41) is 0. The van der Waals surface area contributed by atoms with Crippen LogP contribution in [0.1, 0.15) is 31.3 Å². The normalized spacial score (nSPS) is 22.1. The summed E-state index contributed by atoms with van der Waals surface area (Å²) in [6, 6.07) is 2.02. The zero-order valence-electron chi connectivity index (χ0n) is 14.7. The number of aryl methyl sites for hydroxylation is 1. The van der Waals surface area contributed by atoms with Crippen molar-refractivity contribution in [2.24, 2.45) is 0 Å². The van der Waals surface area contributed by atoms with Crippen LogP contribution in [0.3, 0.4) is 0 Å². The second-order valence-electron chi connectivity index (χ2n) is 6.63. The monoisotopic (exact) mass is 334 g/mol. The lowest BCUT2D eigenvalue weighted by Gasteiger charge is -2.37. The van der Waals surface area contributed by atoms with Crippen LogP contribution in [0.5, 0.6) is 0 Å². The highest BCUT2D eigenvalue weighted by Crippen LogP contribution is 2.19. The topological polar surface area (TPSA) is 67.8 Å². The first-order valence-electron chi connectivity index (χ1n) is 8.63. The molecule has 3 rings (SSSR count). The third kappa shape index (κ3) is 3.84. The average Bonchev–Trinajstić information content (AvgIpc) is 2.61. The van der Waals surface area contributed by atoms with Crippen LogP contribution in [0.4, 0.5) is 5.82 Å². The molecule has 0 spiro atoms. The summed E-state index contributed by atoms with van der Waals surface area (Å²) < 4.78 is 10.8. The van der Waals surface area contributed by atoms with Crippen LogP contribution in [-0.2, 0) is 14.3 Å². The van der Waals surface area contributed by atoms with E-state index in [4.69, 9.17) is 9.47 Å². The summed E-state index contributed by atoms with van der Waals surface area (Å²) in [5.74, 6) is 2.16. The third-order valence-electron chi connectivity index (χ3n) is 4.38. The lowest BCUT2D eigenvalue weighted by molar-refractivity contribution is -0.158. The van der Waals surface area contributed by atoms with E-state index in [0.717, 1.165) is 30.4 Å². The summed E-state index contributed by atoms with van der Waals surface area (Å²) >= 11 is 0. The largest absolute Gasteiger partial charge is 0.376 e. The quantitative estimate of drug-likeness (QED) is 0.821. The molecule has 2 saturated heterocycles. The number of carbonyl (C=O) groups is 1. The van der Waals surface area contributed by atoms with Gasteiger partial charge in [-0.2, -0.15) is 0 Å². The number of hydrogen-bond donors (Lipinski definition) is 0. The number of rotatable bonds is 3. The predicted molar refractivity (Wildman–Crippen MR) is 90.2 cm³/mol. The van der Waals surface area contributed by atoms with E-state index in [9.17, 15) is 4.79 Å². The molecular formula is C17H26N4O3. The molecule has 132 valence electrons. The molecule has 0 aromatic carbocycles. The van der Waals surface area contributed by atoms with Gasteiger partial charge in [-0.15, -0.1) is 0 Å². The van der Waals surface area contributed by atoms with Gasteiger partial charge in [-0.3, -0.25) is 4.79 Å². The van der Waals surface area contributed by atoms with E-state index in [1.807, 2.05) is 17.9 Å². The molecule has 0 radical (unpaired) electrons. The maximum atomic E-state index is 12.5. The Morgan fingerprint density at radius 2 is 1.96 bits per heavy atom. The Labute approximate surface area is 143 Å². The Bertz CT molecular complexity index is 579. The molecule has 0 N–H and O–H groups in total. The van der Waals surface area contributed by atoms with E-state index in [1.165, 1.54) is 0 Å². The van der Waals surface area contributed by atoms with E-state index in [1.54, 1.807) is 0 Å². The van der Waals surface area contributed by atoms with Crippen molar-refractivity contribution in [1.82, 2.24) is 14.9 Å². The Morgan fingerprint density at radius 1 is 1.21 bits per heavy atom. The van der Waals surface area contributed by atoms with Gasteiger partial charge >= 0.3 is 0 Å². The maximum Gasteiger partial charge on any atom is 0.254 e. The standard InChI is InChI=1S/C17H26N4O3/c1-12(2)16-18-13(3)10-15(19-16)20-4-6-21(7-5-20)17(22)14-11-23-8-9-24-14/h10,12,14H,4-9,11H2,1-3H3/t14-/m0/s1.